The maximum Gasteiger partial charge on any atom is 0.340 e. The molecular weight excluding hydrogens is 442 g/mol. The molecule has 0 N–H and O–H groups in total. The zero-order valence-electron chi connectivity index (χ0n) is 17.8. The van der Waals surface area contributed by atoms with Crippen LogP contribution in [0.2, 0.25) is 0 Å². The van der Waals surface area contributed by atoms with Gasteiger partial charge in [-0.25, -0.2) is 4.79 Å². The third kappa shape index (κ3) is 4.11. The number of ketones is 1. The van der Waals surface area contributed by atoms with E-state index >= 15 is 0 Å². The molecule has 0 saturated carbocycles. The van der Waals surface area contributed by atoms with E-state index in [4.69, 9.17) is 4.74 Å². The first kappa shape index (κ1) is 22.3. The predicted molar refractivity (Wildman–Crippen MR) is 121 cm³/mol. The van der Waals surface area contributed by atoms with Gasteiger partial charge in [0.1, 0.15) is 5.56 Å². The van der Waals surface area contributed by atoms with E-state index < -0.39 is 21.6 Å². The number of aromatic nitrogens is 1. The SMILES string of the molecule is COC(=O)c1cc(C(=O)c2ccccc2[N+](=O)[O-])n2ccc(Cc3ccc([N+](=O)[O-])cc3)cc12. The van der Waals surface area contributed by atoms with E-state index in [0.29, 0.717) is 11.9 Å². The molecule has 0 radical (unpaired) electrons. The number of carbonyl (C=O) groups excluding carboxylic acids is 2. The number of carbonyl (C=O) groups is 2. The van der Waals surface area contributed by atoms with Crippen LogP contribution in [0.5, 0.6) is 0 Å². The zero-order chi connectivity index (χ0) is 24.4. The molecule has 34 heavy (non-hydrogen) atoms. The van der Waals surface area contributed by atoms with Gasteiger partial charge in [-0.2, -0.15) is 0 Å². The molecule has 170 valence electrons. The monoisotopic (exact) mass is 459 g/mol. The summed E-state index contributed by atoms with van der Waals surface area (Å²) in [6.45, 7) is 0. The highest BCUT2D eigenvalue weighted by molar-refractivity contribution is 6.13. The Balaban J connectivity index is 1.78. The first-order valence-corrected chi connectivity index (χ1v) is 10.0. The van der Waals surface area contributed by atoms with Gasteiger partial charge in [0, 0.05) is 24.4 Å². The lowest BCUT2D eigenvalue weighted by Crippen LogP contribution is -2.08. The third-order valence-electron chi connectivity index (χ3n) is 5.37. The first-order chi connectivity index (χ1) is 16.3. The molecule has 0 spiro atoms. The summed E-state index contributed by atoms with van der Waals surface area (Å²) < 4.78 is 6.35. The lowest BCUT2D eigenvalue weighted by atomic mass is 10.0. The van der Waals surface area contributed by atoms with Crippen LogP contribution < -0.4 is 0 Å². The number of rotatable bonds is 7. The molecule has 2 aromatic carbocycles. The maximum absolute atomic E-state index is 13.2. The molecule has 0 bridgehead atoms. The molecule has 0 atom stereocenters. The molecule has 0 fully saturated rings. The number of pyridine rings is 1. The van der Waals surface area contributed by atoms with E-state index in [1.165, 1.54) is 54.0 Å². The van der Waals surface area contributed by atoms with Gasteiger partial charge in [0.25, 0.3) is 11.4 Å². The number of fused-ring (bicyclic) bond motifs is 1. The van der Waals surface area contributed by atoms with Gasteiger partial charge in [-0.05, 0) is 41.8 Å². The number of non-ortho nitro benzene ring substituents is 1. The van der Waals surface area contributed by atoms with Crippen LogP contribution in [-0.4, -0.2) is 33.1 Å². The molecule has 4 rings (SSSR count). The number of hydrogen-bond donors (Lipinski definition) is 0. The highest BCUT2D eigenvalue weighted by Crippen LogP contribution is 2.26. The van der Waals surface area contributed by atoms with Crippen LogP contribution in [0.3, 0.4) is 0 Å². The van der Waals surface area contributed by atoms with Crippen LogP contribution in [-0.2, 0) is 11.2 Å². The summed E-state index contributed by atoms with van der Waals surface area (Å²) >= 11 is 0. The van der Waals surface area contributed by atoms with Crippen molar-refractivity contribution in [1.29, 1.82) is 0 Å². The lowest BCUT2D eigenvalue weighted by molar-refractivity contribution is -0.385. The van der Waals surface area contributed by atoms with Crippen molar-refractivity contribution in [3.8, 4) is 0 Å². The Bertz CT molecular complexity index is 1460. The fraction of sp³-hybridized carbons (Fsp3) is 0.0833. The molecule has 2 heterocycles. The standard InChI is InChI=1S/C24H17N3O7/c1-34-24(29)19-14-22(23(28)18-4-2-3-5-20(18)27(32)33)25-11-10-16(13-21(19)25)12-15-6-8-17(9-7-15)26(30)31/h2-11,13-14H,12H2,1H3. The van der Waals surface area contributed by atoms with Crippen molar-refractivity contribution < 1.29 is 24.2 Å². The molecule has 10 heteroatoms. The second-order valence-electron chi connectivity index (χ2n) is 7.43. The summed E-state index contributed by atoms with van der Waals surface area (Å²) in [6, 6.07) is 16.5. The molecular formula is C24H17N3O7. The van der Waals surface area contributed by atoms with Crippen LogP contribution in [0.15, 0.2) is 72.9 Å². The number of methoxy groups -OCH3 is 1. The van der Waals surface area contributed by atoms with Gasteiger partial charge in [0.2, 0.25) is 5.78 Å². The van der Waals surface area contributed by atoms with Crippen molar-refractivity contribution in [3.63, 3.8) is 0 Å². The molecule has 10 nitrogen and oxygen atoms in total. The van der Waals surface area contributed by atoms with E-state index in [9.17, 15) is 29.8 Å². The first-order valence-electron chi connectivity index (χ1n) is 10.0. The highest BCUT2D eigenvalue weighted by Gasteiger charge is 2.26. The molecule has 0 aliphatic rings. The number of esters is 1. The van der Waals surface area contributed by atoms with Crippen molar-refractivity contribution in [2.45, 2.75) is 6.42 Å². The van der Waals surface area contributed by atoms with E-state index in [-0.39, 0.29) is 28.2 Å². The Kier molecular flexibility index (Phi) is 5.88. The van der Waals surface area contributed by atoms with Gasteiger partial charge in [-0.3, -0.25) is 25.0 Å². The average Bonchev–Trinajstić information content (AvgIpc) is 3.22. The summed E-state index contributed by atoms with van der Waals surface area (Å²) in [6.07, 6.45) is 2.03. The van der Waals surface area contributed by atoms with Crippen molar-refractivity contribution in [2.24, 2.45) is 0 Å². The maximum atomic E-state index is 13.2. The Morgan fingerprint density at radius 3 is 2.24 bits per heavy atom. The summed E-state index contributed by atoms with van der Waals surface area (Å²) in [5.74, 6) is -1.27. The van der Waals surface area contributed by atoms with Crippen LogP contribution >= 0.6 is 0 Å². The number of nitro benzene ring substituents is 2. The summed E-state index contributed by atoms with van der Waals surface area (Å²) in [7, 11) is 1.22. The van der Waals surface area contributed by atoms with E-state index in [1.54, 1.807) is 30.5 Å². The Morgan fingerprint density at radius 2 is 1.59 bits per heavy atom. The largest absolute Gasteiger partial charge is 0.465 e. The second kappa shape index (κ2) is 8.94. The predicted octanol–water partition coefficient (Wildman–Crippen LogP) is 4.36. The lowest BCUT2D eigenvalue weighted by Gasteiger charge is -2.07. The van der Waals surface area contributed by atoms with Crippen LogP contribution in [0.4, 0.5) is 11.4 Å². The smallest absolute Gasteiger partial charge is 0.340 e. The number of nitrogens with zero attached hydrogens (tertiary/aromatic N) is 3. The van der Waals surface area contributed by atoms with Gasteiger partial charge in [-0.15, -0.1) is 0 Å². The van der Waals surface area contributed by atoms with Crippen LogP contribution in [0, 0.1) is 20.2 Å². The van der Waals surface area contributed by atoms with Crippen molar-refractivity contribution in [3.05, 3.63) is 121 Å². The van der Waals surface area contributed by atoms with Crippen molar-refractivity contribution >= 4 is 28.6 Å². The molecule has 0 unspecified atom stereocenters. The van der Waals surface area contributed by atoms with Gasteiger partial charge in [0.05, 0.1) is 33.7 Å². The second-order valence-corrected chi connectivity index (χ2v) is 7.43. The minimum absolute atomic E-state index is 0.0167. The van der Waals surface area contributed by atoms with Gasteiger partial charge >= 0.3 is 5.97 Å². The minimum atomic E-state index is -0.661. The van der Waals surface area contributed by atoms with E-state index in [0.717, 1.165) is 11.1 Å². The fourth-order valence-corrected chi connectivity index (χ4v) is 3.73. The summed E-state index contributed by atoms with van der Waals surface area (Å²) in [4.78, 5) is 46.8. The summed E-state index contributed by atoms with van der Waals surface area (Å²) in [5, 5.41) is 22.3. The Morgan fingerprint density at radius 1 is 0.882 bits per heavy atom. The van der Waals surface area contributed by atoms with Gasteiger partial charge < -0.3 is 9.14 Å². The molecule has 0 aliphatic heterocycles. The molecule has 0 aliphatic carbocycles. The van der Waals surface area contributed by atoms with E-state index in [2.05, 4.69) is 0 Å². The van der Waals surface area contributed by atoms with Crippen LogP contribution in [0.25, 0.3) is 5.52 Å². The number of benzene rings is 2. The minimum Gasteiger partial charge on any atom is -0.465 e. The third-order valence-corrected chi connectivity index (χ3v) is 5.37. The van der Waals surface area contributed by atoms with Crippen molar-refractivity contribution in [2.75, 3.05) is 7.11 Å². The molecule has 0 amide bonds. The fourth-order valence-electron chi connectivity index (χ4n) is 3.73. The molecule has 4 aromatic rings. The molecule has 2 aromatic heterocycles. The average molecular weight is 459 g/mol. The number of ether oxygens (including phenoxy) is 1. The normalized spacial score (nSPS) is 10.7. The Labute approximate surface area is 192 Å². The van der Waals surface area contributed by atoms with Crippen molar-refractivity contribution in [1.82, 2.24) is 4.40 Å². The molecule has 0 saturated heterocycles. The highest BCUT2D eigenvalue weighted by atomic mass is 16.6. The van der Waals surface area contributed by atoms with E-state index in [1.807, 2.05) is 0 Å². The quantitative estimate of drug-likeness (QED) is 0.173. The number of para-hydroxylation sites is 1. The summed E-state index contributed by atoms with van der Waals surface area (Å²) in [5.41, 5.74) is 1.76. The zero-order valence-corrected chi connectivity index (χ0v) is 17.8. The number of nitro groups is 2. The van der Waals surface area contributed by atoms with Gasteiger partial charge in [-0.1, -0.05) is 24.3 Å². The Hall–Kier alpha value is -4.86. The van der Waals surface area contributed by atoms with Gasteiger partial charge in [0.15, 0.2) is 0 Å². The topological polar surface area (TPSA) is 134 Å². The number of hydrogen-bond acceptors (Lipinski definition) is 7. The van der Waals surface area contributed by atoms with Crippen LogP contribution in [0.1, 0.15) is 37.5 Å².